The van der Waals surface area contributed by atoms with Crippen LogP contribution < -0.4 is 0 Å². The predicted octanol–water partition coefficient (Wildman–Crippen LogP) is 4.82. The lowest BCUT2D eigenvalue weighted by Crippen LogP contribution is -2.19. The molecule has 0 aliphatic rings. The third kappa shape index (κ3) is 4.11. The highest BCUT2D eigenvalue weighted by atomic mass is 16.5. The summed E-state index contributed by atoms with van der Waals surface area (Å²) in [5.74, 6) is 6.21. The van der Waals surface area contributed by atoms with Gasteiger partial charge in [-0.15, -0.1) is 0 Å². The van der Waals surface area contributed by atoms with Crippen LogP contribution in [-0.4, -0.2) is 12.1 Å². The maximum absolute atomic E-state index is 12.5. The van der Waals surface area contributed by atoms with Crippen LogP contribution in [0.2, 0.25) is 0 Å². The lowest BCUT2D eigenvalue weighted by Gasteiger charge is -2.15. The topological polar surface area (TPSA) is 26.3 Å². The van der Waals surface area contributed by atoms with E-state index in [0.29, 0.717) is 11.5 Å². The highest BCUT2D eigenvalue weighted by molar-refractivity contribution is 6.04. The van der Waals surface area contributed by atoms with Gasteiger partial charge in [0.15, 0.2) is 6.10 Å². The second kappa shape index (κ2) is 7.66. The van der Waals surface area contributed by atoms with Crippen LogP contribution in [0.5, 0.6) is 0 Å². The molecule has 22 heavy (non-hydrogen) atoms. The first kappa shape index (κ1) is 16.1. The fraction of sp³-hybridized carbons (Fsp3) is 0.350. The number of fused-ring (bicyclic) bond motifs is 1. The molecule has 2 nitrogen and oxygen atoms in total. The standard InChI is InChI=1S/C20H22O2/c1-4-5-11-17(14-15(2)3)22-20(21)19-13-8-10-16-9-6-7-12-18(16)19/h6-10,12-13,15,17H,4,14H2,1-3H3. The molecule has 0 aromatic heterocycles. The molecule has 1 atom stereocenters. The molecule has 114 valence electrons. The Labute approximate surface area is 132 Å². The molecule has 0 aliphatic carbocycles. The third-order valence-corrected chi connectivity index (χ3v) is 3.38. The Morgan fingerprint density at radius 1 is 1.14 bits per heavy atom. The zero-order valence-corrected chi connectivity index (χ0v) is 13.4. The molecule has 0 saturated carbocycles. The smallest absolute Gasteiger partial charge is 0.340 e. The SMILES string of the molecule is CCC#CC(CC(C)C)OC(=O)c1cccc2ccccc12. The van der Waals surface area contributed by atoms with E-state index in [1.165, 1.54) is 0 Å². The number of rotatable bonds is 4. The Bertz CT molecular complexity index is 699. The van der Waals surface area contributed by atoms with Crippen molar-refractivity contribution in [3.63, 3.8) is 0 Å². The summed E-state index contributed by atoms with van der Waals surface area (Å²) in [6.07, 6.45) is 1.18. The Balaban J connectivity index is 2.25. The summed E-state index contributed by atoms with van der Waals surface area (Å²) < 4.78 is 5.65. The summed E-state index contributed by atoms with van der Waals surface area (Å²) in [5.41, 5.74) is 0.602. The van der Waals surface area contributed by atoms with Crippen molar-refractivity contribution in [1.29, 1.82) is 0 Å². The van der Waals surface area contributed by atoms with Gasteiger partial charge in [0.25, 0.3) is 0 Å². The first-order valence-corrected chi connectivity index (χ1v) is 7.79. The zero-order chi connectivity index (χ0) is 15.9. The average molecular weight is 294 g/mol. The Hall–Kier alpha value is -2.27. The van der Waals surface area contributed by atoms with Crippen molar-refractivity contribution in [2.75, 3.05) is 0 Å². The third-order valence-electron chi connectivity index (χ3n) is 3.38. The number of ether oxygens (including phenoxy) is 1. The normalized spacial score (nSPS) is 11.8. The first-order valence-electron chi connectivity index (χ1n) is 7.79. The molecule has 0 spiro atoms. The molecule has 2 heteroatoms. The fourth-order valence-electron chi connectivity index (χ4n) is 2.38. The van der Waals surface area contributed by atoms with E-state index in [1.54, 1.807) is 0 Å². The van der Waals surface area contributed by atoms with Crippen LogP contribution in [0.25, 0.3) is 10.8 Å². The molecule has 0 fully saturated rings. The van der Waals surface area contributed by atoms with Gasteiger partial charge >= 0.3 is 5.97 Å². The van der Waals surface area contributed by atoms with Crippen LogP contribution in [0.4, 0.5) is 0 Å². The van der Waals surface area contributed by atoms with Gasteiger partial charge in [-0.1, -0.05) is 69.0 Å². The van der Waals surface area contributed by atoms with E-state index in [1.807, 2.05) is 49.4 Å². The molecule has 0 bridgehead atoms. The second-order valence-electron chi connectivity index (χ2n) is 5.72. The van der Waals surface area contributed by atoms with Gasteiger partial charge in [0.1, 0.15) is 0 Å². The van der Waals surface area contributed by atoms with E-state index >= 15 is 0 Å². The highest BCUT2D eigenvalue weighted by Gasteiger charge is 2.17. The monoisotopic (exact) mass is 294 g/mol. The maximum atomic E-state index is 12.5. The number of esters is 1. The highest BCUT2D eigenvalue weighted by Crippen LogP contribution is 2.20. The van der Waals surface area contributed by atoms with E-state index in [0.717, 1.165) is 23.6 Å². The predicted molar refractivity (Wildman–Crippen MR) is 90.7 cm³/mol. The van der Waals surface area contributed by atoms with E-state index in [2.05, 4.69) is 25.7 Å². The van der Waals surface area contributed by atoms with Crippen LogP contribution in [-0.2, 0) is 4.74 Å². The van der Waals surface area contributed by atoms with Crippen molar-refractivity contribution in [2.45, 2.75) is 39.7 Å². The van der Waals surface area contributed by atoms with Gasteiger partial charge in [-0.3, -0.25) is 0 Å². The summed E-state index contributed by atoms with van der Waals surface area (Å²) in [4.78, 5) is 12.5. The largest absolute Gasteiger partial charge is 0.446 e. The molecular formula is C20H22O2. The average Bonchev–Trinajstić information content (AvgIpc) is 2.51. The summed E-state index contributed by atoms with van der Waals surface area (Å²) in [5, 5.41) is 1.96. The number of hydrogen-bond donors (Lipinski definition) is 0. The minimum Gasteiger partial charge on any atom is -0.446 e. The Morgan fingerprint density at radius 3 is 2.59 bits per heavy atom. The van der Waals surface area contributed by atoms with Gasteiger partial charge in [0, 0.05) is 6.42 Å². The van der Waals surface area contributed by atoms with Crippen molar-refractivity contribution in [3.8, 4) is 11.8 Å². The van der Waals surface area contributed by atoms with Gasteiger partial charge in [-0.05, 0) is 29.2 Å². The number of carbonyl (C=O) groups excluding carboxylic acids is 1. The van der Waals surface area contributed by atoms with E-state index in [4.69, 9.17) is 4.74 Å². The van der Waals surface area contributed by atoms with Crippen molar-refractivity contribution in [2.24, 2.45) is 5.92 Å². The molecule has 1 unspecified atom stereocenters. The summed E-state index contributed by atoms with van der Waals surface area (Å²) in [7, 11) is 0. The molecule has 0 amide bonds. The fourth-order valence-corrected chi connectivity index (χ4v) is 2.38. The van der Waals surface area contributed by atoms with Crippen molar-refractivity contribution in [1.82, 2.24) is 0 Å². The van der Waals surface area contributed by atoms with Crippen molar-refractivity contribution >= 4 is 16.7 Å². The summed E-state index contributed by atoms with van der Waals surface area (Å²) in [6, 6.07) is 13.5. The van der Waals surface area contributed by atoms with Crippen LogP contribution in [0.1, 0.15) is 44.0 Å². The number of benzene rings is 2. The van der Waals surface area contributed by atoms with Gasteiger partial charge in [-0.2, -0.15) is 0 Å². The minimum absolute atomic E-state index is 0.298. The minimum atomic E-state index is -0.341. The first-order chi connectivity index (χ1) is 10.6. The molecule has 0 radical (unpaired) electrons. The van der Waals surface area contributed by atoms with Crippen molar-refractivity contribution < 1.29 is 9.53 Å². The van der Waals surface area contributed by atoms with Gasteiger partial charge in [-0.25, -0.2) is 4.79 Å². The molecule has 2 aromatic rings. The van der Waals surface area contributed by atoms with Crippen molar-refractivity contribution in [3.05, 3.63) is 48.0 Å². The zero-order valence-electron chi connectivity index (χ0n) is 13.4. The Morgan fingerprint density at radius 2 is 1.86 bits per heavy atom. The molecule has 0 heterocycles. The molecule has 2 rings (SSSR count). The Kier molecular flexibility index (Phi) is 5.61. The molecule has 0 aliphatic heterocycles. The molecular weight excluding hydrogens is 272 g/mol. The van der Waals surface area contributed by atoms with Gasteiger partial charge in [0.05, 0.1) is 5.56 Å². The lowest BCUT2D eigenvalue weighted by molar-refractivity contribution is 0.0380. The molecule has 2 aromatic carbocycles. The van der Waals surface area contributed by atoms with Crippen LogP contribution in [0.3, 0.4) is 0 Å². The van der Waals surface area contributed by atoms with Gasteiger partial charge < -0.3 is 4.74 Å². The van der Waals surface area contributed by atoms with Crippen LogP contribution in [0, 0.1) is 17.8 Å². The van der Waals surface area contributed by atoms with Crippen LogP contribution >= 0.6 is 0 Å². The number of hydrogen-bond acceptors (Lipinski definition) is 2. The molecule has 0 N–H and O–H groups in total. The maximum Gasteiger partial charge on any atom is 0.340 e. The van der Waals surface area contributed by atoms with E-state index < -0.39 is 0 Å². The summed E-state index contributed by atoms with van der Waals surface area (Å²) in [6.45, 7) is 6.20. The lowest BCUT2D eigenvalue weighted by atomic mass is 10.0. The van der Waals surface area contributed by atoms with E-state index in [-0.39, 0.29) is 12.1 Å². The van der Waals surface area contributed by atoms with Gasteiger partial charge in [0.2, 0.25) is 0 Å². The molecule has 0 saturated heterocycles. The quantitative estimate of drug-likeness (QED) is 0.596. The summed E-state index contributed by atoms with van der Waals surface area (Å²) >= 11 is 0. The van der Waals surface area contributed by atoms with Crippen LogP contribution in [0.15, 0.2) is 42.5 Å². The second-order valence-corrected chi connectivity index (χ2v) is 5.72. The van der Waals surface area contributed by atoms with E-state index in [9.17, 15) is 4.79 Å². The number of carbonyl (C=O) groups is 1.